The highest BCUT2D eigenvalue weighted by Gasteiger charge is 2.36. The second kappa shape index (κ2) is 5.71. The average Bonchev–Trinajstić information content (AvgIpc) is 2.40. The molecule has 0 spiro atoms. The highest BCUT2D eigenvalue weighted by Crippen LogP contribution is 2.30. The minimum atomic E-state index is -0.442. The number of carbonyl (C=O) groups excluding carboxylic acids is 1. The molecule has 0 saturated carbocycles. The fraction of sp³-hybridized carbons (Fsp3) is 0.857. The predicted molar refractivity (Wildman–Crippen MR) is 69.7 cm³/mol. The summed E-state index contributed by atoms with van der Waals surface area (Å²) in [6, 6.07) is 2.77. The molecule has 3 atom stereocenters. The normalized spacial score (nSPS) is 30.4. The van der Waals surface area contributed by atoms with Crippen LogP contribution in [0.3, 0.4) is 0 Å². The van der Waals surface area contributed by atoms with Gasteiger partial charge >= 0.3 is 0 Å². The lowest BCUT2D eigenvalue weighted by atomic mass is 9.84. The van der Waals surface area contributed by atoms with Gasteiger partial charge in [0.25, 0.3) is 0 Å². The van der Waals surface area contributed by atoms with Crippen molar-refractivity contribution in [2.75, 3.05) is 26.7 Å². The molecule has 3 unspecified atom stereocenters. The summed E-state index contributed by atoms with van der Waals surface area (Å²) in [5.74, 6) is 0.215. The van der Waals surface area contributed by atoms with Gasteiger partial charge in [-0.3, -0.25) is 4.79 Å². The summed E-state index contributed by atoms with van der Waals surface area (Å²) < 4.78 is 0. The first-order valence-corrected chi connectivity index (χ1v) is 7.06. The molecule has 0 aromatic carbocycles. The maximum atomic E-state index is 12.2. The van der Waals surface area contributed by atoms with Crippen LogP contribution in [0.2, 0.25) is 0 Å². The minimum absolute atomic E-state index is 0.0478. The van der Waals surface area contributed by atoms with E-state index in [2.05, 4.69) is 18.0 Å². The number of hydrogen-bond acceptors (Lipinski definition) is 3. The summed E-state index contributed by atoms with van der Waals surface area (Å²) >= 11 is 0. The lowest BCUT2D eigenvalue weighted by Crippen LogP contribution is -2.54. The number of carbonyl (C=O) groups is 1. The number of piperidine rings is 2. The van der Waals surface area contributed by atoms with Crippen molar-refractivity contribution in [1.29, 1.82) is 5.26 Å². The van der Waals surface area contributed by atoms with Crippen LogP contribution >= 0.6 is 0 Å². The molecule has 2 aliphatic rings. The Bertz CT molecular complexity index is 349. The smallest absolute Gasteiger partial charge is 0.239 e. The zero-order valence-corrected chi connectivity index (χ0v) is 11.4. The maximum absolute atomic E-state index is 12.2. The van der Waals surface area contributed by atoms with Crippen molar-refractivity contribution >= 4 is 5.91 Å². The SMILES string of the molecule is CCC(C#N)C(=O)N1CCC2C(CCCN2C)C1. The van der Waals surface area contributed by atoms with Crippen molar-refractivity contribution in [2.45, 2.75) is 38.6 Å². The minimum Gasteiger partial charge on any atom is -0.341 e. The van der Waals surface area contributed by atoms with Crippen LogP contribution in [0.1, 0.15) is 32.6 Å². The summed E-state index contributed by atoms with van der Waals surface area (Å²) in [7, 11) is 2.19. The van der Waals surface area contributed by atoms with Gasteiger partial charge in [0.05, 0.1) is 6.07 Å². The van der Waals surface area contributed by atoms with Crippen LogP contribution in [-0.4, -0.2) is 48.4 Å². The summed E-state index contributed by atoms with van der Waals surface area (Å²) in [5, 5.41) is 9.00. The van der Waals surface area contributed by atoms with Gasteiger partial charge < -0.3 is 9.80 Å². The Kier molecular flexibility index (Phi) is 4.23. The Morgan fingerprint density at radius 1 is 1.44 bits per heavy atom. The zero-order chi connectivity index (χ0) is 13.1. The van der Waals surface area contributed by atoms with Crippen LogP contribution in [0, 0.1) is 23.2 Å². The number of likely N-dealkylation sites (tertiary alicyclic amines) is 2. The second-order valence-electron chi connectivity index (χ2n) is 5.61. The van der Waals surface area contributed by atoms with E-state index in [1.54, 1.807) is 0 Å². The molecule has 2 fully saturated rings. The Morgan fingerprint density at radius 3 is 2.89 bits per heavy atom. The molecular formula is C14H23N3O. The fourth-order valence-corrected chi connectivity index (χ4v) is 3.39. The van der Waals surface area contributed by atoms with Gasteiger partial charge in [-0.25, -0.2) is 0 Å². The first kappa shape index (κ1) is 13.4. The lowest BCUT2D eigenvalue weighted by Gasteiger charge is -2.46. The van der Waals surface area contributed by atoms with E-state index in [4.69, 9.17) is 5.26 Å². The van der Waals surface area contributed by atoms with Gasteiger partial charge in [0.15, 0.2) is 0 Å². The standard InChI is InChI=1S/C14H23N3O/c1-3-11(9-15)14(18)17-8-6-13-12(10-17)5-4-7-16(13)2/h11-13H,3-8,10H2,1-2H3. The molecule has 0 aromatic rings. The largest absolute Gasteiger partial charge is 0.341 e. The molecule has 4 nitrogen and oxygen atoms in total. The van der Waals surface area contributed by atoms with Gasteiger partial charge in [-0.1, -0.05) is 6.92 Å². The van der Waals surface area contributed by atoms with Crippen molar-refractivity contribution in [1.82, 2.24) is 9.80 Å². The van der Waals surface area contributed by atoms with E-state index >= 15 is 0 Å². The molecule has 0 radical (unpaired) electrons. The predicted octanol–water partition coefficient (Wildman–Crippen LogP) is 1.48. The number of nitrogens with zero attached hydrogens (tertiary/aromatic N) is 3. The molecule has 100 valence electrons. The third-order valence-corrected chi connectivity index (χ3v) is 4.52. The lowest BCUT2D eigenvalue weighted by molar-refractivity contribution is -0.137. The number of amides is 1. The Labute approximate surface area is 110 Å². The topological polar surface area (TPSA) is 47.3 Å². The second-order valence-corrected chi connectivity index (χ2v) is 5.61. The van der Waals surface area contributed by atoms with Crippen molar-refractivity contribution in [2.24, 2.45) is 11.8 Å². The summed E-state index contributed by atoms with van der Waals surface area (Å²) in [6.45, 7) is 4.77. The first-order valence-electron chi connectivity index (χ1n) is 7.06. The van der Waals surface area contributed by atoms with Gasteiger partial charge in [-0.05, 0) is 45.2 Å². The molecule has 2 rings (SSSR count). The van der Waals surface area contributed by atoms with E-state index < -0.39 is 5.92 Å². The molecule has 2 aliphatic heterocycles. The van der Waals surface area contributed by atoms with Crippen LogP contribution in [0.5, 0.6) is 0 Å². The number of fused-ring (bicyclic) bond motifs is 1. The zero-order valence-electron chi connectivity index (χ0n) is 11.4. The first-order chi connectivity index (χ1) is 8.67. The van der Waals surface area contributed by atoms with E-state index in [-0.39, 0.29) is 5.91 Å². The summed E-state index contributed by atoms with van der Waals surface area (Å²) in [5.41, 5.74) is 0. The Hall–Kier alpha value is -1.08. The molecule has 0 N–H and O–H groups in total. The molecule has 18 heavy (non-hydrogen) atoms. The number of rotatable bonds is 2. The van der Waals surface area contributed by atoms with E-state index in [0.717, 1.165) is 19.5 Å². The number of hydrogen-bond donors (Lipinski definition) is 0. The van der Waals surface area contributed by atoms with Crippen LogP contribution in [0.15, 0.2) is 0 Å². The third-order valence-electron chi connectivity index (χ3n) is 4.52. The average molecular weight is 249 g/mol. The van der Waals surface area contributed by atoms with Crippen LogP contribution in [0.25, 0.3) is 0 Å². The number of nitriles is 1. The highest BCUT2D eigenvalue weighted by atomic mass is 16.2. The van der Waals surface area contributed by atoms with E-state index in [9.17, 15) is 4.79 Å². The molecule has 2 heterocycles. The van der Waals surface area contributed by atoms with Gasteiger partial charge in [0.2, 0.25) is 5.91 Å². The van der Waals surface area contributed by atoms with Crippen molar-refractivity contribution < 1.29 is 4.79 Å². The van der Waals surface area contributed by atoms with Crippen molar-refractivity contribution in [3.05, 3.63) is 0 Å². The van der Waals surface area contributed by atoms with Crippen LogP contribution < -0.4 is 0 Å². The summed E-state index contributed by atoms with van der Waals surface area (Å²) in [4.78, 5) is 16.6. The molecule has 0 aromatic heterocycles. The maximum Gasteiger partial charge on any atom is 0.239 e. The van der Waals surface area contributed by atoms with E-state index in [1.807, 2.05) is 11.8 Å². The van der Waals surface area contributed by atoms with Gasteiger partial charge in [0, 0.05) is 19.1 Å². The Morgan fingerprint density at radius 2 is 2.22 bits per heavy atom. The Balaban J connectivity index is 1.98. The third kappa shape index (κ3) is 2.51. The van der Waals surface area contributed by atoms with Gasteiger partial charge in [0.1, 0.15) is 5.92 Å². The molecule has 1 amide bonds. The monoisotopic (exact) mass is 249 g/mol. The van der Waals surface area contributed by atoms with E-state index in [0.29, 0.717) is 18.4 Å². The van der Waals surface area contributed by atoms with Crippen molar-refractivity contribution in [3.8, 4) is 6.07 Å². The molecule has 2 saturated heterocycles. The summed E-state index contributed by atoms with van der Waals surface area (Å²) in [6.07, 6.45) is 4.14. The quantitative estimate of drug-likeness (QED) is 0.744. The fourth-order valence-electron chi connectivity index (χ4n) is 3.39. The highest BCUT2D eigenvalue weighted by molar-refractivity contribution is 5.81. The van der Waals surface area contributed by atoms with E-state index in [1.165, 1.54) is 19.4 Å². The van der Waals surface area contributed by atoms with Gasteiger partial charge in [-0.15, -0.1) is 0 Å². The van der Waals surface area contributed by atoms with Crippen LogP contribution in [0.4, 0.5) is 0 Å². The van der Waals surface area contributed by atoms with Crippen LogP contribution in [-0.2, 0) is 4.79 Å². The molecule has 4 heteroatoms. The molecular weight excluding hydrogens is 226 g/mol. The van der Waals surface area contributed by atoms with Crippen molar-refractivity contribution in [3.63, 3.8) is 0 Å². The molecule has 0 bridgehead atoms. The molecule has 0 aliphatic carbocycles. The van der Waals surface area contributed by atoms with Gasteiger partial charge in [-0.2, -0.15) is 5.26 Å².